The van der Waals surface area contributed by atoms with Gasteiger partial charge in [0.1, 0.15) is 0 Å². The Kier molecular flexibility index (Phi) is 4.56. The summed E-state index contributed by atoms with van der Waals surface area (Å²) in [6, 6.07) is 10.6. The summed E-state index contributed by atoms with van der Waals surface area (Å²) >= 11 is 0. The third-order valence-corrected chi connectivity index (χ3v) is 7.23. The van der Waals surface area contributed by atoms with Crippen LogP contribution in [-0.2, 0) is 23.2 Å². The van der Waals surface area contributed by atoms with Gasteiger partial charge >= 0.3 is 0 Å². The molecule has 3 atom stereocenters. The van der Waals surface area contributed by atoms with Gasteiger partial charge in [-0.15, -0.1) is 4.68 Å². The molecule has 0 radical (unpaired) electrons. The molecule has 0 saturated carbocycles. The Labute approximate surface area is 200 Å². The molecule has 6 rings (SSSR count). The molecule has 9 nitrogen and oxygen atoms in total. The maximum Gasteiger partial charge on any atom is 0.265 e. The highest BCUT2D eigenvalue weighted by atomic mass is 16.4. The molecule has 1 fully saturated rings. The molecule has 1 N–H and O–H groups in total. The van der Waals surface area contributed by atoms with Gasteiger partial charge in [-0.3, -0.25) is 9.59 Å². The lowest BCUT2D eigenvalue weighted by molar-refractivity contribution is -0.689. The highest BCUT2D eigenvalue weighted by Crippen LogP contribution is 2.48. The summed E-state index contributed by atoms with van der Waals surface area (Å²) in [5.74, 6) is -2.56. The maximum absolute atomic E-state index is 13.4. The SMILES string of the molecule is C[C@@H](O)[C@H]1C(=O)N2C(C(=O)[O-])=C(c3cc(C[n+]4cnn(C)c4)c4c(c3)-c3ccccc3C4=O)C[C@H]12. The minimum absolute atomic E-state index is 0.0738. The standard InChI is InChI=1S/C26H22N4O5/c1-13(31)21-20-9-18(23(26(34)35)30(20)25(21)33)14-7-15(10-29-11-27-28(2)12-29)22-19(8-14)16-5-3-4-6-17(16)24(22)32/h3-8,11-13,20-21,31H,9-10H2,1-2H3/t13-,20-,21-/m1/s1. The van der Waals surface area contributed by atoms with Crippen molar-refractivity contribution in [3.63, 3.8) is 0 Å². The zero-order valence-corrected chi connectivity index (χ0v) is 19.1. The van der Waals surface area contributed by atoms with Gasteiger partial charge in [0.15, 0.2) is 5.78 Å². The van der Waals surface area contributed by atoms with E-state index in [-0.39, 0.29) is 11.5 Å². The van der Waals surface area contributed by atoms with Crippen molar-refractivity contribution in [2.24, 2.45) is 13.0 Å². The lowest BCUT2D eigenvalue weighted by Gasteiger charge is -2.45. The number of ketones is 1. The van der Waals surface area contributed by atoms with Crippen molar-refractivity contribution >= 4 is 23.2 Å². The predicted molar refractivity (Wildman–Crippen MR) is 120 cm³/mol. The van der Waals surface area contributed by atoms with Gasteiger partial charge in [0.2, 0.25) is 12.2 Å². The molecule has 3 aromatic rings. The molecule has 3 heterocycles. The highest BCUT2D eigenvalue weighted by Gasteiger charge is 2.55. The van der Waals surface area contributed by atoms with Gasteiger partial charge in [0.05, 0.1) is 43.3 Å². The van der Waals surface area contributed by atoms with Crippen LogP contribution in [0.2, 0.25) is 0 Å². The number of aliphatic carboxylic acids is 1. The normalized spacial score (nSPS) is 21.1. The predicted octanol–water partition coefficient (Wildman–Crippen LogP) is 0.0398. The summed E-state index contributed by atoms with van der Waals surface area (Å²) in [6.45, 7) is 1.90. The number of β-lactam (4-membered cyclic amide) rings is 1. The lowest BCUT2D eigenvalue weighted by Crippen LogP contribution is -2.62. The number of carboxylic acids is 1. The smallest absolute Gasteiger partial charge is 0.265 e. The molecule has 35 heavy (non-hydrogen) atoms. The van der Waals surface area contributed by atoms with Crippen molar-refractivity contribution in [1.82, 2.24) is 14.7 Å². The summed E-state index contributed by atoms with van der Waals surface area (Å²) in [5, 5.41) is 26.4. The topological polar surface area (TPSA) is 119 Å². The van der Waals surface area contributed by atoms with Gasteiger partial charge in [-0.1, -0.05) is 24.3 Å². The molecule has 2 aliphatic heterocycles. The number of benzene rings is 2. The van der Waals surface area contributed by atoms with Crippen LogP contribution in [-0.4, -0.2) is 49.6 Å². The van der Waals surface area contributed by atoms with Gasteiger partial charge < -0.3 is 19.9 Å². The maximum atomic E-state index is 13.4. The van der Waals surface area contributed by atoms with E-state index >= 15 is 0 Å². The second-order valence-electron chi connectivity index (χ2n) is 9.39. The zero-order valence-electron chi connectivity index (χ0n) is 19.1. The Morgan fingerprint density at radius 3 is 2.63 bits per heavy atom. The summed E-state index contributed by atoms with van der Waals surface area (Å²) in [7, 11) is 1.80. The Hall–Kier alpha value is -4.11. The first-order valence-corrected chi connectivity index (χ1v) is 11.4. The van der Waals surface area contributed by atoms with Crippen molar-refractivity contribution in [3.05, 3.63) is 77.0 Å². The fourth-order valence-electron chi connectivity index (χ4n) is 5.75. The van der Waals surface area contributed by atoms with Crippen LogP contribution in [0.25, 0.3) is 16.7 Å². The molecule has 9 heteroatoms. The monoisotopic (exact) mass is 470 g/mol. The number of hydrogen-bond acceptors (Lipinski definition) is 6. The summed E-state index contributed by atoms with van der Waals surface area (Å²) in [6.07, 6.45) is 2.86. The van der Waals surface area contributed by atoms with E-state index in [2.05, 4.69) is 5.10 Å². The molecular weight excluding hydrogens is 448 g/mol. The fraction of sp³-hybridized carbons (Fsp3) is 0.269. The quantitative estimate of drug-likeness (QED) is 0.325. The largest absolute Gasteiger partial charge is 0.543 e. The first-order chi connectivity index (χ1) is 16.8. The van der Waals surface area contributed by atoms with Gasteiger partial charge in [0, 0.05) is 16.2 Å². The number of aryl methyl sites for hydroxylation is 1. The molecule has 0 unspecified atom stereocenters. The second-order valence-corrected chi connectivity index (χ2v) is 9.39. The Bertz CT molecular complexity index is 1480. The van der Waals surface area contributed by atoms with E-state index < -0.39 is 29.9 Å². The average Bonchev–Trinajstić information content (AvgIpc) is 3.46. The van der Waals surface area contributed by atoms with Gasteiger partial charge in [-0.2, -0.15) is 0 Å². The van der Waals surface area contributed by atoms with E-state index in [0.29, 0.717) is 35.2 Å². The highest BCUT2D eigenvalue weighted by molar-refractivity contribution is 6.22. The molecule has 1 aromatic heterocycles. The Morgan fingerprint density at radius 1 is 1.23 bits per heavy atom. The summed E-state index contributed by atoms with van der Waals surface area (Å²) in [5.41, 5.74) is 4.39. The number of carbonyl (C=O) groups excluding carboxylic acids is 3. The van der Waals surface area contributed by atoms with E-state index in [0.717, 1.165) is 16.7 Å². The van der Waals surface area contributed by atoms with Crippen LogP contribution < -0.4 is 9.67 Å². The lowest BCUT2D eigenvalue weighted by atomic mass is 9.82. The van der Waals surface area contributed by atoms with Crippen LogP contribution in [0.1, 0.15) is 40.4 Å². The minimum Gasteiger partial charge on any atom is -0.543 e. The molecule has 0 bridgehead atoms. The average molecular weight is 470 g/mol. The zero-order chi connectivity index (χ0) is 24.6. The van der Waals surface area contributed by atoms with Crippen molar-refractivity contribution in [2.45, 2.75) is 32.0 Å². The first-order valence-electron chi connectivity index (χ1n) is 11.4. The third kappa shape index (κ3) is 3.01. The van der Waals surface area contributed by atoms with Crippen LogP contribution in [0.4, 0.5) is 0 Å². The molecular formula is C26H22N4O5. The van der Waals surface area contributed by atoms with Crippen molar-refractivity contribution in [2.75, 3.05) is 0 Å². The number of hydrogen-bond donors (Lipinski definition) is 1. The van der Waals surface area contributed by atoms with E-state index in [4.69, 9.17) is 0 Å². The van der Waals surface area contributed by atoms with Crippen molar-refractivity contribution < 1.29 is 29.2 Å². The summed E-state index contributed by atoms with van der Waals surface area (Å²) in [4.78, 5) is 39.4. The molecule has 1 amide bonds. The van der Waals surface area contributed by atoms with Crippen LogP contribution in [0.15, 0.2) is 54.7 Å². The number of fused-ring (bicyclic) bond motifs is 4. The molecule has 1 saturated heterocycles. The minimum atomic E-state index is -1.43. The Balaban J connectivity index is 1.54. The van der Waals surface area contributed by atoms with E-state index in [1.165, 1.54) is 11.8 Å². The van der Waals surface area contributed by atoms with Crippen LogP contribution in [0, 0.1) is 5.92 Å². The first kappa shape index (κ1) is 21.4. The third-order valence-electron chi connectivity index (χ3n) is 7.23. The van der Waals surface area contributed by atoms with Crippen molar-refractivity contribution in [1.29, 1.82) is 0 Å². The fourth-order valence-corrected chi connectivity index (χ4v) is 5.75. The van der Waals surface area contributed by atoms with Gasteiger partial charge in [-0.25, -0.2) is 4.57 Å². The summed E-state index contributed by atoms with van der Waals surface area (Å²) < 4.78 is 3.50. The molecule has 3 aliphatic rings. The van der Waals surface area contributed by atoms with Crippen LogP contribution in [0.5, 0.6) is 0 Å². The number of amides is 1. The van der Waals surface area contributed by atoms with Gasteiger partial charge in [-0.05, 0) is 53.3 Å². The second kappa shape index (κ2) is 7.44. The van der Waals surface area contributed by atoms with E-state index in [1.54, 1.807) is 30.5 Å². The number of aliphatic hydroxyl groups is 1. The number of aromatic nitrogens is 3. The number of rotatable bonds is 5. The molecule has 2 aromatic carbocycles. The van der Waals surface area contributed by atoms with Crippen LogP contribution in [0.3, 0.4) is 0 Å². The number of carboxylic acid groups (broad SMARTS) is 1. The van der Waals surface area contributed by atoms with Crippen molar-refractivity contribution in [3.8, 4) is 11.1 Å². The molecule has 0 spiro atoms. The number of nitrogens with zero attached hydrogens (tertiary/aromatic N) is 4. The molecule has 176 valence electrons. The number of aliphatic hydroxyl groups excluding tert-OH is 1. The van der Waals surface area contributed by atoms with E-state index in [9.17, 15) is 24.6 Å². The Morgan fingerprint density at radius 2 is 1.97 bits per heavy atom. The molecule has 1 aliphatic carbocycles. The van der Waals surface area contributed by atoms with E-state index in [1.807, 2.05) is 34.9 Å². The van der Waals surface area contributed by atoms with Gasteiger partial charge in [0.25, 0.3) is 6.33 Å². The van der Waals surface area contributed by atoms with Crippen LogP contribution >= 0.6 is 0 Å². The number of carbonyl (C=O) groups is 3.